The van der Waals surface area contributed by atoms with E-state index in [4.69, 9.17) is 10.1 Å². The molecule has 0 saturated carbocycles. The maximum Gasteiger partial charge on any atom is 0.104 e. The monoisotopic (exact) mass is 175 g/mol. The van der Waals surface area contributed by atoms with E-state index in [1.165, 1.54) is 0 Å². The van der Waals surface area contributed by atoms with Gasteiger partial charge in [0.05, 0.1) is 5.57 Å². The van der Waals surface area contributed by atoms with Crippen LogP contribution in [-0.2, 0) is 6.54 Å². The molecular formula is C9H9N3O. The highest BCUT2D eigenvalue weighted by molar-refractivity contribution is 5.77. The minimum atomic E-state index is 0.605. The zero-order chi connectivity index (χ0) is 9.26. The van der Waals surface area contributed by atoms with E-state index in [0.29, 0.717) is 5.57 Å². The molecule has 0 spiro atoms. The molecule has 0 amide bonds. The van der Waals surface area contributed by atoms with Crippen LogP contribution < -0.4 is 10.2 Å². The molecule has 2 heterocycles. The lowest BCUT2D eigenvalue weighted by molar-refractivity contribution is 0.165. The van der Waals surface area contributed by atoms with Crippen molar-refractivity contribution >= 4 is 5.57 Å². The smallest absolute Gasteiger partial charge is 0.104 e. The summed E-state index contributed by atoms with van der Waals surface area (Å²) in [6, 6.07) is 4.06. The maximum absolute atomic E-state index is 8.85. The summed E-state index contributed by atoms with van der Waals surface area (Å²) in [5, 5.41) is 11.9. The zero-order valence-electron chi connectivity index (χ0n) is 7.24. The molecule has 0 aliphatic carbocycles. The van der Waals surface area contributed by atoms with Crippen LogP contribution in [0.3, 0.4) is 0 Å². The number of hydrogen-bond acceptors (Lipinski definition) is 3. The number of nitriles is 1. The number of nitrogens with zero attached hydrogens (tertiary/aromatic N) is 2. The number of allylic oxidation sites excluding steroid dienone is 1. The van der Waals surface area contributed by atoms with Gasteiger partial charge in [-0.25, -0.2) is 0 Å². The Kier molecular flexibility index (Phi) is 1.71. The van der Waals surface area contributed by atoms with Crippen LogP contribution in [0.15, 0.2) is 18.5 Å². The molecule has 0 bridgehead atoms. The summed E-state index contributed by atoms with van der Waals surface area (Å²) in [5.74, 6) is 0. The number of hydrogen-bond donors (Lipinski definition) is 1. The van der Waals surface area contributed by atoms with Gasteiger partial charge in [0.15, 0.2) is 0 Å². The van der Waals surface area contributed by atoms with Crippen molar-refractivity contribution in [3.8, 4) is 6.07 Å². The molecule has 0 aromatic carbocycles. The SMILES string of the molecule is COn1ccc2c1C(C#N)=CNC2. The van der Waals surface area contributed by atoms with Gasteiger partial charge in [-0.3, -0.25) is 0 Å². The third-order valence-electron chi connectivity index (χ3n) is 2.05. The summed E-state index contributed by atoms with van der Waals surface area (Å²) in [6.07, 6.45) is 3.51. The topological polar surface area (TPSA) is 50.0 Å². The van der Waals surface area contributed by atoms with Crippen LogP contribution >= 0.6 is 0 Å². The lowest BCUT2D eigenvalue weighted by Crippen LogP contribution is -2.16. The lowest BCUT2D eigenvalue weighted by Gasteiger charge is -2.13. The lowest BCUT2D eigenvalue weighted by atomic mass is 10.1. The Morgan fingerprint density at radius 1 is 1.69 bits per heavy atom. The first kappa shape index (κ1) is 7.74. The van der Waals surface area contributed by atoms with Crippen molar-refractivity contribution in [1.29, 1.82) is 5.26 Å². The largest absolute Gasteiger partial charge is 0.417 e. The summed E-state index contributed by atoms with van der Waals surface area (Å²) in [6.45, 7) is 0.747. The minimum Gasteiger partial charge on any atom is -0.417 e. The third kappa shape index (κ3) is 1.05. The van der Waals surface area contributed by atoms with Crippen LogP contribution in [0.4, 0.5) is 0 Å². The van der Waals surface area contributed by atoms with Gasteiger partial charge in [-0.1, -0.05) is 0 Å². The molecule has 4 heteroatoms. The molecular weight excluding hydrogens is 166 g/mol. The normalized spacial score (nSPS) is 13.7. The van der Waals surface area contributed by atoms with Crippen molar-refractivity contribution in [2.24, 2.45) is 0 Å². The molecule has 0 saturated heterocycles. The number of aromatic nitrogens is 1. The van der Waals surface area contributed by atoms with Crippen LogP contribution in [0.5, 0.6) is 0 Å². The quantitative estimate of drug-likeness (QED) is 0.676. The van der Waals surface area contributed by atoms with E-state index in [1.54, 1.807) is 18.0 Å². The van der Waals surface area contributed by atoms with Crippen LogP contribution in [0.1, 0.15) is 11.3 Å². The van der Waals surface area contributed by atoms with Crippen LogP contribution in [0.2, 0.25) is 0 Å². The molecule has 1 aliphatic rings. The molecule has 66 valence electrons. The molecule has 1 aromatic heterocycles. The minimum absolute atomic E-state index is 0.605. The van der Waals surface area contributed by atoms with E-state index in [-0.39, 0.29) is 0 Å². The highest BCUT2D eigenvalue weighted by Gasteiger charge is 2.17. The van der Waals surface area contributed by atoms with E-state index < -0.39 is 0 Å². The van der Waals surface area contributed by atoms with Crippen molar-refractivity contribution in [2.45, 2.75) is 6.54 Å². The first-order valence-corrected chi connectivity index (χ1v) is 3.95. The summed E-state index contributed by atoms with van der Waals surface area (Å²) >= 11 is 0. The molecule has 0 radical (unpaired) electrons. The molecule has 1 aliphatic heterocycles. The molecule has 0 fully saturated rings. The fraction of sp³-hybridized carbons (Fsp3) is 0.222. The van der Waals surface area contributed by atoms with Gasteiger partial charge in [0.1, 0.15) is 18.9 Å². The highest BCUT2D eigenvalue weighted by atomic mass is 16.6. The van der Waals surface area contributed by atoms with Crippen molar-refractivity contribution in [1.82, 2.24) is 10.0 Å². The van der Waals surface area contributed by atoms with Gasteiger partial charge >= 0.3 is 0 Å². The second-order valence-corrected chi connectivity index (χ2v) is 2.75. The summed E-state index contributed by atoms with van der Waals surface area (Å²) in [7, 11) is 1.58. The number of fused-ring (bicyclic) bond motifs is 1. The molecule has 13 heavy (non-hydrogen) atoms. The highest BCUT2D eigenvalue weighted by Crippen LogP contribution is 2.22. The van der Waals surface area contributed by atoms with Gasteiger partial charge < -0.3 is 10.2 Å². The standard InChI is InChI=1S/C9H9N3O/c1-13-12-3-2-7-5-11-6-8(4-10)9(7)12/h2-3,6,11H,5H2,1H3. The van der Waals surface area contributed by atoms with Gasteiger partial charge in [-0.05, 0) is 6.07 Å². The average Bonchev–Trinajstić information content (AvgIpc) is 2.60. The Morgan fingerprint density at radius 2 is 2.54 bits per heavy atom. The fourth-order valence-corrected chi connectivity index (χ4v) is 1.46. The Bertz CT molecular complexity index is 397. The molecule has 1 aromatic rings. The predicted octanol–water partition coefficient (Wildman–Crippen LogP) is 0.514. The summed E-state index contributed by atoms with van der Waals surface area (Å²) < 4.78 is 1.60. The van der Waals surface area contributed by atoms with Gasteiger partial charge in [0.2, 0.25) is 0 Å². The van der Waals surface area contributed by atoms with E-state index in [2.05, 4.69) is 11.4 Å². The third-order valence-corrected chi connectivity index (χ3v) is 2.05. The van der Waals surface area contributed by atoms with E-state index in [9.17, 15) is 0 Å². The Morgan fingerprint density at radius 3 is 3.23 bits per heavy atom. The Hall–Kier alpha value is -1.89. The van der Waals surface area contributed by atoms with E-state index in [0.717, 1.165) is 17.8 Å². The second-order valence-electron chi connectivity index (χ2n) is 2.75. The predicted molar refractivity (Wildman–Crippen MR) is 47.4 cm³/mol. The first-order valence-electron chi connectivity index (χ1n) is 3.95. The number of rotatable bonds is 1. The average molecular weight is 175 g/mol. The van der Waals surface area contributed by atoms with Crippen LogP contribution in [-0.4, -0.2) is 11.8 Å². The molecule has 1 N–H and O–H groups in total. The summed E-state index contributed by atoms with van der Waals surface area (Å²) in [4.78, 5) is 5.08. The van der Waals surface area contributed by atoms with Crippen LogP contribution in [0.25, 0.3) is 5.57 Å². The van der Waals surface area contributed by atoms with Crippen LogP contribution in [0, 0.1) is 11.3 Å². The first-order chi connectivity index (χ1) is 6.36. The van der Waals surface area contributed by atoms with Crippen molar-refractivity contribution in [2.75, 3.05) is 7.11 Å². The fourth-order valence-electron chi connectivity index (χ4n) is 1.46. The van der Waals surface area contributed by atoms with Gasteiger partial charge in [-0.2, -0.15) is 9.99 Å². The molecule has 4 nitrogen and oxygen atoms in total. The van der Waals surface area contributed by atoms with E-state index >= 15 is 0 Å². The maximum atomic E-state index is 8.85. The summed E-state index contributed by atoms with van der Waals surface area (Å²) in [5.41, 5.74) is 2.54. The van der Waals surface area contributed by atoms with Gasteiger partial charge in [-0.15, -0.1) is 0 Å². The zero-order valence-corrected chi connectivity index (χ0v) is 7.24. The molecule has 0 atom stereocenters. The van der Waals surface area contributed by atoms with E-state index in [1.807, 2.05) is 12.3 Å². The van der Waals surface area contributed by atoms with Gasteiger partial charge in [0, 0.05) is 24.5 Å². The molecule has 2 rings (SSSR count). The van der Waals surface area contributed by atoms with Gasteiger partial charge in [0.25, 0.3) is 0 Å². The number of nitrogens with one attached hydrogen (secondary N) is 1. The molecule has 0 unspecified atom stereocenters. The second kappa shape index (κ2) is 2.87. The Balaban J connectivity index is 2.56. The van der Waals surface area contributed by atoms with Crippen molar-refractivity contribution in [3.05, 3.63) is 29.7 Å². The Labute approximate surface area is 76.0 Å². The van der Waals surface area contributed by atoms with Crippen molar-refractivity contribution in [3.63, 3.8) is 0 Å². The van der Waals surface area contributed by atoms with Crippen molar-refractivity contribution < 1.29 is 4.84 Å².